The van der Waals surface area contributed by atoms with Gasteiger partial charge in [-0.3, -0.25) is 4.79 Å². The van der Waals surface area contributed by atoms with Crippen molar-refractivity contribution >= 4 is 21.6 Å². The number of ether oxygens (including phenoxy) is 1. The third kappa shape index (κ3) is 5.46. The molecule has 7 heteroatoms. The number of nitrogens with one attached hydrogen (secondary N) is 1. The van der Waals surface area contributed by atoms with Gasteiger partial charge < -0.3 is 10.1 Å². The van der Waals surface area contributed by atoms with Crippen molar-refractivity contribution in [2.45, 2.75) is 24.5 Å². The minimum absolute atomic E-state index is 0.160. The van der Waals surface area contributed by atoms with Crippen molar-refractivity contribution in [1.29, 1.82) is 0 Å². The van der Waals surface area contributed by atoms with Gasteiger partial charge in [-0.1, -0.05) is 48.5 Å². The molecular weight excluding hydrogens is 400 g/mol. The number of hydrogen-bond acceptors (Lipinski definition) is 4. The molecule has 0 bridgehead atoms. The summed E-state index contributed by atoms with van der Waals surface area (Å²) in [5.41, 5.74) is 1.40. The van der Waals surface area contributed by atoms with Crippen LogP contribution in [0.25, 0.3) is 0 Å². The third-order valence-electron chi connectivity index (χ3n) is 4.50. The van der Waals surface area contributed by atoms with Crippen molar-refractivity contribution in [3.63, 3.8) is 0 Å². The van der Waals surface area contributed by atoms with Crippen molar-refractivity contribution in [1.82, 2.24) is 4.31 Å². The summed E-state index contributed by atoms with van der Waals surface area (Å²) in [4.78, 5) is 12.5. The second-order valence-electron chi connectivity index (χ2n) is 6.83. The predicted octanol–water partition coefficient (Wildman–Crippen LogP) is 3.91. The highest BCUT2D eigenvalue weighted by atomic mass is 32.2. The molecule has 6 nitrogen and oxygen atoms in total. The number of para-hydroxylation sites is 1. The normalized spacial score (nSPS) is 12.4. The van der Waals surface area contributed by atoms with E-state index in [0.717, 1.165) is 5.56 Å². The molecule has 0 saturated carbocycles. The number of hydrogen-bond donors (Lipinski definition) is 1. The van der Waals surface area contributed by atoms with Crippen LogP contribution in [0.2, 0.25) is 0 Å². The monoisotopic (exact) mass is 424 g/mol. The summed E-state index contributed by atoms with van der Waals surface area (Å²) in [6, 6.07) is 24.5. The van der Waals surface area contributed by atoms with E-state index in [4.69, 9.17) is 4.74 Å². The van der Waals surface area contributed by atoms with Crippen LogP contribution in [0.1, 0.15) is 12.5 Å². The van der Waals surface area contributed by atoms with E-state index in [1.807, 2.05) is 48.5 Å². The second-order valence-corrected chi connectivity index (χ2v) is 8.88. The van der Waals surface area contributed by atoms with E-state index in [0.29, 0.717) is 11.4 Å². The third-order valence-corrected chi connectivity index (χ3v) is 6.32. The first kappa shape index (κ1) is 21.5. The van der Waals surface area contributed by atoms with Crippen molar-refractivity contribution in [2.24, 2.45) is 0 Å². The molecule has 0 heterocycles. The van der Waals surface area contributed by atoms with Gasteiger partial charge in [0.1, 0.15) is 5.75 Å². The van der Waals surface area contributed by atoms with E-state index in [9.17, 15) is 13.2 Å². The Morgan fingerprint density at radius 2 is 1.50 bits per heavy atom. The Labute approximate surface area is 177 Å². The van der Waals surface area contributed by atoms with Crippen LogP contribution in [0, 0.1) is 0 Å². The van der Waals surface area contributed by atoms with Crippen LogP contribution in [0.5, 0.6) is 5.75 Å². The highest BCUT2D eigenvalue weighted by Gasteiger charge is 2.21. The van der Waals surface area contributed by atoms with Crippen LogP contribution in [0.4, 0.5) is 5.69 Å². The van der Waals surface area contributed by atoms with Gasteiger partial charge in [-0.05, 0) is 48.9 Å². The zero-order valence-corrected chi connectivity index (χ0v) is 17.7. The van der Waals surface area contributed by atoms with E-state index in [1.165, 1.54) is 16.4 Å². The summed E-state index contributed by atoms with van der Waals surface area (Å²) < 4.78 is 32.5. The Morgan fingerprint density at radius 3 is 2.10 bits per heavy atom. The number of carbonyl (C=O) groups excluding carboxylic acids is 1. The SMILES string of the molecule is C[C@@H](Oc1ccccc1)C(=O)Nc1ccc(S(=O)(=O)N(C)Cc2ccccc2)cc1. The van der Waals surface area contributed by atoms with Crippen molar-refractivity contribution in [3.05, 3.63) is 90.5 Å². The summed E-state index contributed by atoms with van der Waals surface area (Å²) >= 11 is 0. The lowest BCUT2D eigenvalue weighted by atomic mass is 10.2. The molecule has 0 fully saturated rings. The lowest BCUT2D eigenvalue weighted by molar-refractivity contribution is -0.122. The molecule has 0 saturated heterocycles. The number of sulfonamides is 1. The summed E-state index contributed by atoms with van der Waals surface area (Å²) in [6.45, 7) is 1.93. The minimum Gasteiger partial charge on any atom is -0.481 e. The largest absolute Gasteiger partial charge is 0.481 e. The molecule has 0 radical (unpaired) electrons. The Bertz CT molecular complexity index is 1070. The molecule has 1 atom stereocenters. The van der Waals surface area contributed by atoms with Gasteiger partial charge >= 0.3 is 0 Å². The molecule has 156 valence electrons. The molecule has 3 aromatic carbocycles. The van der Waals surface area contributed by atoms with Crippen molar-refractivity contribution in [3.8, 4) is 5.75 Å². The summed E-state index contributed by atoms with van der Waals surface area (Å²) in [6.07, 6.45) is -0.701. The second kappa shape index (κ2) is 9.56. The zero-order valence-electron chi connectivity index (χ0n) is 16.9. The Hall–Kier alpha value is -3.16. The van der Waals surface area contributed by atoms with Crippen LogP contribution < -0.4 is 10.1 Å². The average Bonchev–Trinajstić information content (AvgIpc) is 2.75. The molecule has 0 aliphatic rings. The lowest BCUT2D eigenvalue weighted by Gasteiger charge is -2.18. The first-order chi connectivity index (χ1) is 14.4. The average molecular weight is 425 g/mol. The quantitative estimate of drug-likeness (QED) is 0.595. The van der Waals surface area contributed by atoms with Gasteiger partial charge in [-0.2, -0.15) is 4.31 Å². The number of amides is 1. The number of carbonyl (C=O) groups is 1. The fraction of sp³-hybridized carbons (Fsp3) is 0.174. The van der Waals surface area contributed by atoms with E-state index in [2.05, 4.69) is 5.32 Å². The molecule has 0 spiro atoms. The number of anilines is 1. The molecule has 0 unspecified atom stereocenters. The fourth-order valence-electron chi connectivity index (χ4n) is 2.82. The van der Waals surface area contributed by atoms with Gasteiger partial charge in [0.15, 0.2) is 6.10 Å². The Kier molecular flexibility index (Phi) is 6.87. The van der Waals surface area contributed by atoms with E-state index >= 15 is 0 Å². The van der Waals surface area contributed by atoms with Crippen LogP contribution in [0.3, 0.4) is 0 Å². The molecule has 30 heavy (non-hydrogen) atoms. The van der Waals surface area contributed by atoms with E-state index < -0.39 is 16.1 Å². The van der Waals surface area contributed by atoms with E-state index in [-0.39, 0.29) is 17.3 Å². The van der Waals surface area contributed by atoms with Gasteiger partial charge in [0.05, 0.1) is 4.90 Å². The molecular formula is C23H24N2O4S. The highest BCUT2D eigenvalue weighted by Crippen LogP contribution is 2.20. The topological polar surface area (TPSA) is 75.7 Å². The van der Waals surface area contributed by atoms with Gasteiger partial charge in [-0.15, -0.1) is 0 Å². The molecule has 1 amide bonds. The first-order valence-corrected chi connectivity index (χ1v) is 10.9. The van der Waals surface area contributed by atoms with Gasteiger partial charge in [-0.25, -0.2) is 8.42 Å². The van der Waals surface area contributed by atoms with Crippen LogP contribution in [-0.2, 0) is 21.4 Å². The maximum Gasteiger partial charge on any atom is 0.265 e. The maximum atomic E-state index is 12.8. The zero-order chi connectivity index (χ0) is 21.6. The predicted molar refractivity (Wildman–Crippen MR) is 117 cm³/mol. The summed E-state index contributed by atoms with van der Waals surface area (Å²) in [5.74, 6) is 0.277. The number of rotatable bonds is 8. The Morgan fingerprint density at radius 1 is 0.933 bits per heavy atom. The van der Waals surface area contributed by atoms with Crippen molar-refractivity contribution in [2.75, 3.05) is 12.4 Å². The van der Waals surface area contributed by atoms with Gasteiger partial charge in [0, 0.05) is 19.3 Å². The summed E-state index contributed by atoms with van der Waals surface area (Å²) in [5, 5.41) is 2.74. The molecule has 0 aliphatic carbocycles. The molecule has 3 aromatic rings. The van der Waals surface area contributed by atoms with Gasteiger partial charge in [0.2, 0.25) is 10.0 Å². The standard InChI is InChI=1S/C23H24N2O4S/c1-18(29-21-11-7-4-8-12-21)23(26)24-20-13-15-22(16-14-20)30(27,28)25(2)17-19-9-5-3-6-10-19/h3-16,18H,17H2,1-2H3,(H,24,26)/t18-/m1/s1. The molecule has 0 aliphatic heterocycles. The highest BCUT2D eigenvalue weighted by molar-refractivity contribution is 7.89. The van der Waals surface area contributed by atoms with Crippen LogP contribution >= 0.6 is 0 Å². The van der Waals surface area contributed by atoms with E-state index in [1.54, 1.807) is 38.2 Å². The number of nitrogens with zero attached hydrogens (tertiary/aromatic N) is 1. The number of benzene rings is 3. The van der Waals surface area contributed by atoms with Crippen molar-refractivity contribution < 1.29 is 17.9 Å². The fourth-order valence-corrected chi connectivity index (χ4v) is 3.98. The lowest BCUT2D eigenvalue weighted by Crippen LogP contribution is -2.30. The van der Waals surface area contributed by atoms with Crippen LogP contribution in [-0.4, -0.2) is 31.8 Å². The van der Waals surface area contributed by atoms with Crippen LogP contribution in [0.15, 0.2) is 89.8 Å². The first-order valence-electron chi connectivity index (χ1n) is 9.49. The maximum absolute atomic E-state index is 12.8. The molecule has 0 aromatic heterocycles. The molecule has 3 rings (SSSR count). The Balaban J connectivity index is 1.63. The molecule has 1 N–H and O–H groups in total. The summed E-state index contributed by atoms with van der Waals surface area (Å²) in [7, 11) is -2.10. The minimum atomic E-state index is -3.64. The van der Waals surface area contributed by atoms with Gasteiger partial charge in [0.25, 0.3) is 5.91 Å². The smallest absolute Gasteiger partial charge is 0.265 e.